The number of aromatic nitrogens is 3. The molecule has 0 aliphatic carbocycles. The molecule has 4 heterocycles. The third kappa shape index (κ3) is 3.60. The van der Waals surface area contributed by atoms with Gasteiger partial charge in [0.25, 0.3) is 0 Å². The van der Waals surface area contributed by atoms with Gasteiger partial charge in [-0.25, -0.2) is 9.97 Å². The molecule has 0 spiro atoms. The summed E-state index contributed by atoms with van der Waals surface area (Å²) in [4.78, 5) is 11.9. The van der Waals surface area contributed by atoms with Gasteiger partial charge in [-0.1, -0.05) is 12.1 Å². The molecule has 2 aliphatic rings. The molecule has 34 heavy (non-hydrogen) atoms. The van der Waals surface area contributed by atoms with Gasteiger partial charge in [0.2, 0.25) is 0 Å². The zero-order valence-corrected chi connectivity index (χ0v) is 19.5. The summed E-state index contributed by atoms with van der Waals surface area (Å²) in [6, 6.07) is 12.7. The number of anilines is 4. The van der Waals surface area contributed by atoms with E-state index in [2.05, 4.69) is 62.2 Å². The van der Waals surface area contributed by atoms with Crippen LogP contribution in [0.5, 0.6) is 5.75 Å². The molecule has 0 atom stereocenters. The minimum absolute atomic E-state index is 0.709. The molecule has 2 aliphatic heterocycles. The van der Waals surface area contributed by atoms with E-state index in [0.717, 1.165) is 79.0 Å². The van der Waals surface area contributed by atoms with Crippen molar-refractivity contribution in [2.45, 2.75) is 13.3 Å². The van der Waals surface area contributed by atoms with Crippen molar-refractivity contribution in [2.75, 3.05) is 55.5 Å². The van der Waals surface area contributed by atoms with Crippen LogP contribution in [0.1, 0.15) is 11.3 Å². The molecule has 0 bridgehead atoms. The van der Waals surface area contributed by atoms with Crippen LogP contribution >= 0.6 is 0 Å². The van der Waals surface area contributed by atoms with Crippen LogP contribution in [0.3, 0.4) is 0 Å². The van der Waals surface area contributed by atoms with Crippen molar-refractivity contribution in [2.24, 2.45) is 0 Å². The first-order valence-electron chi connectivity index (χ1n) is 11.7. The SMILES string of the molecule is COc1cc(Nc2nc(-c3ccc4c(c3)NCC4)c(C)n3ccnc23)ccc1N1CCOCC1. The Balaban J connectivity index is 1.38. The number of hydrogen-bond donors (Lipinski definition) is 2. The quantitative estimate of drug-likeness (QED) is 0.465. The van der Waals surface area contributed by atoms with E-state index in [1.54, 1.807) is 7.11 Å². The molecule has 0 radical (unpaired) electrons. The number of fused-ring (bicyclic) bond motifs is 2. The summed E-state index contributed by atoms with van der Waals surface area (Å²) < 4.78 is 13.3. The Morgan fingerprint density at radius 3 is 2.85 bits per heavy atom. The van der Waals surface area contributed by atoms with Crippen molar-refractivity contribution in [3.63, 3.8) is 0 Å². The van der Waals surface area contributed by atoms with Gasteiger partial charge in [0.05, 0.1) is 31.7 Å². The number of ether oxygens (including phenoxy) is 2. The molecular formula is C26H28N6O2. The molecule has 4 aromatic rings. The lowest BCUT2D eigenvalue weighted by atomic mass is 10.1. The van der Waals surface area contributed by atoms with E-state index in [0.29, 0.717) is 5.82 Å². The average molecular weight is 457 g/mol. The van der Waals surface area contributed by atoms with E-state index in [9.17, 15) is 0 Å². The summed E-state index contributed by atoms with van der Waals surface area (Å²) in [5.41, 5.74) is 8.39. The van der Waals surface area contributed by atoms with Gasteiger partial charge in [0.1, 0.15) is 5.75 Å². The zero-order chi connectivity index (χ0) is 23.1. The van der Waals surface area contributed by atoms with E-state index in [4.69, 9.17) is 14.5 Å². The highest BCUT2D eigenvalue weighted by Crippen LogP contribution is 2.35. The Morgan fingerprint density at radius 1 is 1.12 bits per heavy atom. The lowest BCUT2D eigenvalue weighted by Crippen LogP contribution is -2.36. The van der Waals surface area contributed by atoms with Gasteiger partial charge in [-0.3, -0.25) is 4.40 Å². The highest BCUT2D eigenvalue weighted by molar-refractivity contribution is 5.78. The number of nitrogens with one attached hydrogen (secondary N) is 2. The van der Waals surface area contributed by atoms with E-state index in [1.165, 1.54) is 11.3 Å². The summed E-state index contributed by atoms with van der Waals surface area (Å²) >= 11 is 0. The van der Waals surface area contributed by atoms with Crippen molar-refractivity contribution >= 4 is 28.5 Å². The van der Waals surface area contributed by atoms with Crippen LogP contribution in [0.2, 0.25) is 0 Å². The van der Waals surface area contributed by atoms with Gasteiger partial charge in [-0.15, -0.1) is 0 Å². The zero-order valence-electron chi connectivity index (χ0n) is 19.5. The van der Waals surface area contributed by atoms with Crippen molar-refractivity contribution < 1.29 is 9.47 Å². The number of rotatable bonds is 5. The lowest BCUT2D eigenvalue weighted by molar-refractivity contribution is 0.122. The van der Waals surface area contributed by atoms with Gasteiger partial charge >= 0.3 is 0 Å². The predicted octanol–water partition coefficient (Wildman–Crippen LogP) is 4.26. The van der Waals surface area contributed by atoms with Gasteiger partial charge in [-0.05, 0) is 37.1 Å². The standard InChI is InChI=1S/C26H28N6O2/c1-17-24(19-4-3-18-7-8-27-21(18)15-19)30-25(26-28-9-10-32(17)26)29-20-5-6-22(23(16-20)33-2)31-11-13-34-14-12-31/h3-6,9-10,15-16,27H,7-8,11-14H2,1-2H3,(H,29,30). The molecule has 2 aromatic heterocycles. The van der Waals surface area contributed by atoms with E-state index in [-0.39, 0.29) is 0 Å². The molecule has 0 saturated carbocycles. The second-order valence-corrected chi connectivity index (χ2v) is 8.68. The first kappa shape index (κ1) is 20.8. The van der Waals surface area contributed by atoms with E-state index < -0.39 is 0 Å². The minimum atomic E-state index is 0.709. The maximum atomic E-state index is 5.73. The Bertz CT molecular complexity index is 1360. The molecule has 8 heteroatoms. The summed E-state index contributed by atoms with van der Waals surface area (Å²) in [5.74, 6) is 1.53. The van der Waals surface area contributed by atoms with Crippen LogP contribution in [0.4, 0.5) is 22.9 Å². The van der Waals surface area contributed by atoms with Crippen molar-refractivity contribution in [1.29, 1.82) is 0 Å². The van der Waals surface area contributed by atoms with Crippen molar-refractivity contribution in [3.05, 3.63) is 60.0 Å². The average Bonchev–Trinajstić information content (AvgIpc) is 3.56. The lowest BCUT2D eigenvalue weighted by Gasteiger charge is -2.30. The van der Waals surface area contributed by atoms with Crippen LogP contribution in [-0.4, -0.2) is 54.3 Å². The molecular weight excluding hydrogens is 428 g/mol. The summed E-state index contributed by atoms with van der Waals surface area (Å²) in [5, 5.41) is 6.97. The predicted molar refractivity (Wildman–Crippen MR) is 135 cm³/mol. The van der Waals surface area contributed by atoms with Crippen LogP contribution < -0.4 is 20.3 Å². The Labute approximate surface area is 198 Å². The van der Waals surface area contributed by atoms with Crippen LogP contribution in [-0.2, 0) is 11.2 Å². The van der Waals surface area contributed by atoms with Gasteiger partial charge in [0.15, 0.2) is 11.5 Å². The third-order valence-electron chi connectivity index (χ3n) is 6.67. The maximum Gasteiger partial charge on any atom is 0.180 e. The summed E-state index contributed by atoms with van der Waals surface area (Å²) in [6.45, 7) is 6.25. The molecule has 0 unspecified atom stereocenters. The number of hydrogen-bond acceptors (Lipinski definition) is 7. The highest BCUT2D eigenvalue weighted by atomic mass is 16.5. The fourth-order valence-corrected chi connectivity index (χ4v) is 4.86. The second-order valence-electron chi connectivity index (χ2n) is 8.68. The highest BCUT2D eigenvalue weighted by Gasteiger charge is 2.19. The van der Waals surface area contributed by atoms with Gasteiger partial charge in [0, 0.05) is 60.7 Å². The number of benzene rings is 2. The fourth-order valence-electron chi connectivity index (χ4n) is 4.86. The van der Waals surface area contributed by atoms with Gasteiger partial charge in [-0.2, -0.15) is 0 Å². The Kier molecular flexibility index (Phi) is 5.22. The smallest absolute Gasteiger partial charge is 0.180 e. The molecule has 174 valence electrons. The van der Waals surface area contributed by atoms with Crippen LogP contribution in [0, 0.1) is 6.92 Å². The largest absolute Gasteiger partial charge is 0.495 e. The van der Waals surface area contributed by atoms with Gasteiger partial charge < -0.3 is 25.0 Å². The normalized spacial score (nSPS) is 15.3. The summed E-state index contributed by atoms with van der Waals surface area (Å²) in [7, 11) is 1.71. The maximum absolute atomic E-state index is 5.73. The molecule has 1 fully saturated rings. The molecule has 0 amide bonds. The van der Waals surface area contributed by atoms with E-state index in [1.807, 2.05) is 18.5 Å². The number of nitrogens with zero attached hydrogens (tertiary/aromatic N) is 4. The first-order chi connectivity index (χ1) is 16.7. The summed E-state index contributed by atoms with van der Waals surface area (Å²) in [6.07, 6.45) is 4.86. The number of aryl methyl sites for hydroxylation is 1. The van der Waals surface area contributed by atoms with Crippen molar-refractivity contribution in [3.8, 4) is 17.0 Å². The van der Waals surface area contributed by atoms with E-state index >= 15 is 0 Å². The van der Waals surface area contributed by atoms with Crippen molar-refractivity contribution in [1.82, 2.24) is 14.4 Å². The topological polar surface area (TPSA) is 76.0 Å². The fraction of sp³-hybridized carbons (Fsp3) is 0.308. The Hall–Kier alpha value is -3.78. The number of imidazole rings is 1. The molecule has 8 nitrogen and oxygen atoms in total. The molecule has 6 rings (SSSR count). The number of morpholine rings is 1. The minimum Gasteiger partial charge on any atom is -0.495 e. The molecule has 1 saturated heterocycles. The monoisotopic (exact) mass is 456 g/mol. The second kappa shape index (κ2) is 8.53. The molecule has 2 aromatic carbocycles. The first-order valence-corrected chi connectivity index (χ1v) is 11.7. The van der Waals surface area contributed by atoms with Crippen LogP contribution in [0.15, 0.2) is 48.8 Å². The third-order valence-corrected chi connectivity index (χ3v) is 6.67. The van der Waals surface area contributed by atoms with Crippen LogP contribution in [0.25, 0.3) is 16.9 Å². The molecule has 2 N–H and O–H groups in total. The number of methoxy groups -OCH3 is 1. The Morgan fingerprint density at radius 2 is 2.00 bits per heavy atom.